The van der Waals surface area contributed by atoms with E-state index in [1.54, 1.807) is 55.5 Å². The summed E-state index contributed by atoms with van der Waals surface area (Å²) >= 11 is 0. The Bertz CT molecular complexity index is 811. The van der Waals surface area contributed by atoms with Crippen LogP contribution in [0.1, 0.15) is 24.1 Å². The Labute approximate surface area is 150 Å². The average molecular weight is 353 g/mol. The van der Waals surface area contributed by atoms with Gasteiger partial charge < -0.3 is 24.7 Å². The Morgan fingerprint density at radius 1 is 1.19 bits per heavy atom. The van der Waals surface area contributed by atoms with Crippen LogP contribution in [0, 0.1) is 11.3 Å². The Hall–Kier alpha value is -3.53. The van der Waals surface area contributed by atoms with Crippen LogP contribution in [0.4, 0.5) is 5.69 Å². The fraction of sp³-hybridized carbons (Fsp3) is 0.211. The zero-order chi connectivity index (χ0) is 18.9. The number of ether oxygens (including phenoxy) is 2. The van der Waals surface area contributed by atoms with Gasteiger partial charge in [0.25, 0.3) is 0 Å². The molecule has 0 bridgehead atoms. The number of carbonyl (C=O) groups excluding carboxylic acids is 2. The molecule has 0 amide bonds. The topological polar surface area (TPSA) is 111 Å². The number of hydrogen-bond donors (Lipinski definition) is 1. The summed E-state index contributed by atoms with van der Waals surface area (Å²) in [5, 5.41) is 23.3. The number of nitrogens with zero attached hydrogens (tertiary/aromatic N) is 1. The van der Waals surface area contributed by atoms with Crippen LogP contribution in [0.3, 0.4) is 0 Å². The van der Waals surface area contributed by atoms with Gasteiger partial charge in [0.2, 0.25) is 0 Å². The molecule has 0 saturated heterocycles. The number of carboxylic acids is 1. The maximum Gasteiger partial charge on any atom is 0.344 e. The van der Waals surface area contributed by atoms with Crippen LogP contribution in [0.5, 0.6) is 5.75 Å². The van der Waals surface area contributed by atoms with Crippen LogP contribution in [-0.4, -0.2) is 25.2 Å². The number of para-hydroxylation sites is 1. The highest BCUT2D eigenvalue weighted by Gasteiger charge is 2.18. The molecule has 0 aliphatic carbocycles. The summed E-state index contributed by atoms with van der Waals surface area (Å²) in [6, 6.07) is 13.6. The van der Waals surface area contributed by atoms with Gasteiger partial charge in [-0.05, 0) is 37.3 Å². The minimum Gasteiger partial charge on any atom is -0.548 e. The Morgan fingerprint density at radius 2 is 1.88 bits per heavy atom. The van der Waals surface area contributed by atoms with Gasteiger partial charge in [-0.1, -0.05) is 18.2 Å². The fourth-order valence-electron chi connectivity index (χ4n) is 2.26. The second-order valence-corrected chi connectivity index (χ2v) is 5.22. The molecule has 0 saturated carbocycles. The predicted molar refractivity (Wildman–Crippen MR) is 91.1 cm³/mol. The van der Waals surface area contributed by atoms with E-state index in [4.69, 9.17) is 14.7 Å². The molecule has 1 N–H and O–H groups in total. The van der Waals surface area contributed by atoms with Gasteiger partial charge in [0.05, 0.1) is 30.3 Å². The molecule has 0 aliphatic heterocycles. The molecule has 134 valence electrons. The number of hydrogen-bond acceptors (Lipinski definition) is 7. The summed E-state index contributed by atoms with van der Waals surface area (Å²) in [6.07, 6.45) is 0. The number of anilines is 1. The number of nitrogens with one attached hydrogen (secondary N) is 1. The first-order chi connectivity index (χ1) is 12.5. The number of aliphatic carboxylic acids is 1. The molecule has 2 rings (SSSR count). The van der Waals surface area contributed by atoms with Crippen LogP contribution >= 0.6 is 0 Å². The Morgan fingerprint density at radius 3 is 2.50 bits per heavy atom. The molecule has 0 aromatic heterocycles. The van der Waals surface area contributed by atoms with Gasteiger partial charge in [0, 0.05) is 11.3 Å². The standard InChI is InChI=1S/C19H18N2O5/c1-2-25-17(22)12-26-16-6-4-3-5-15(16)18(19(23)24)21-14-9-7-13(11-20)8-10-14/h3-10,18,21H,2,12H2,1H3,(H,23,24)/p-1. The van der Waals surface area contributed by atoms with Crippen LogP contribution in [0.25, 0.3) is 0 Å². The zero-order valence-corrected chi connectivity index (χ0v) is 14.1. The summed E-state index contributed by atoms with van der Waals surface area (Å²) in [5.41, 5.74) is 1.26. The molecular formula is C19H17N2O5-. The lowest BCUT2D eigenvalue weighted by Gasteiger charge is -2.23. The third-order valence-electron chi connectivity index (χ3n) is 3.44. The largest absolute Gasteiger partial charge is 0.548 e. The molecule has 0 spiro atoms. The number of carbonyl (C=O) groups is 2. The zero-order valence-electron chi connectivity index (χ0n) is 14.1. The summed E-state index contributed by atoms with van der Waals surface area (Å²) in [5.74, 6) is -1.68. The van der Waals surface area contributed by atoms with E-state index in [-0.39, 0.29) is 19.0 Å². The molecule has 26 heavy (non-hydrogen) atoms. The highest BCUT2D eigenvalue weighted by atomic mass is 16.6. The van der Waals surface area contributed by atoms with Crippen molar-refractivity contribution in [1.82, 2.24) is 0 Å². The van der Waals surface area contributed by atoms with E-state index in [9.17, 15) is 14.7 Å². The quantitative estimate of drug-likeness (QED) is 0.714. The summed E-state index contributed by atoms with van der Waals surface area (Å²) in [7, 11) is 0. The van der Waals surface area contributed by atoms with E-state index in [1.165, 1.54) is 0 Å². The van der Waals surface area contributed by atoms with Crippen molar-refractivity contribution in [3.05, 3.63) is 59.7 Å². The molecule has 0 fully saturated rings. The molecule has 1 unspecified atom stereocenters. The minimum atomic E-state index is -1.36. The molecular weight excluding hydrogens is 336 g/mol. The molecule has 7 heteroatoms. The predicted octanol–water partition coefficient (Wildman–Crippen LogP) is 1.40. The van der Waals surface area contributed by atoms with Crippen molar-refractivity contribution >= 4 is 17.6 Å². The van der Waals surface area contributed by atoms with Crippen molar-refractivity contribution in [2.75, 3.05) is 18.5 Å². The van der Waals surface area contributed by atoms with Crippen molar-refractivity contribution in [1.29, 1.82) is 5.26 Å². The number of nitriles is 1. The smallest absolute Gasteiger partial charge is 0.344 e. The summed E-state index contributed by atoms with van der Waals surface area (Å²) in [6.45, 7) is 1.58. The van der Waals surface area contributed by atoms with E-state index in [0.29, 0.717) is 16.8 Å². The number of benzene rings is 2. The van der Waals surface area contributed by atoms with E-state index < -0.39 is 18.0 Å². The Balaban J connectivity index is 2.22. The summed E-state index contributed by atoms with van der Waals surface area (Å²) < 4.78 is 10.2. The molecule has 0 aliphatic rings. The van der Waals surface area contributed by atoms with Gasteiger partial charge in [0.1, 0.15) is 5.75 Å². The first-order valence-electron chi connectivity index (χ1n) is 7.90. The molecule has 2 aromatic rings. The molecule has 7 nitrogen and oxygen atoms in total. The second kappa shape index (κ2) is 9.08. The fourth-order valence-corrected chi connectivity index (χ4v) is 2.26. The lowest BCUT2D eigenvalue weighted by atomic mass is 10.0. The number of esters is 1. The normalized spacial score (nSPS) is 11.1. The van der Waals surface area contributed by atoms with Gasteiger partial charge in [-0.3, -0.25) is 0 Å². The summed E-state index contributed by atoms with van der Waals surface area (Å²) in [4.78, 5) is 23.1. The van der Waals surface area contributed by atoms with Crippen molar-refractivity contribution < 1.29 is 24.2 Å². The van der Waals surface area contributed by atoms with Gasteiger partial charge in [-0.25, -0.2) is 4.79 Å². The van der Waals surface area contributed by atoms with Crippen molar-refractivity contribution in [3.8, 4) is 11.8 Å². The van der Waals surface area contributed by atoms with Gasteiger partial charge >= 0.3 is 5.97 Å². The van der Waals surface area contributed by atoms with Crippen molar-refractivity contribution in [2.24, 2.45) is 0 Å². The maximum atomic E-state index is 11.6. The second-order valence-electron chi connectivity index (χ2n) is 5.22. The van der Waals surface area contributed by atoms with Gasteiger partial charge in [0.15, 0.2) is 6.61 Å². The van der Waals surface area contributed by atoms with Crippen LogP contribution in [0.2, 0.25) is 0 Å². The van der Waals surface area contributed by atoms with Crippen LogP contribution < -0.4 is 15.2 Å². The minimum absolute atomic E-state index is 0.228. The number of rotatable bonds is 8. The first kappa shape index (κ1) is 18.8. The van der Waals surface area contributed by atoms with E-state index in [0.717, 1.165) is 0 Å². The lowest BCUT2D eigenvalue weighted by molar-refractivity contribution is -0.307. The van der Waals surface area contributed by atoms with E-state index >= 15 is 0 Å². The molecule has 0 heterocycles. The maximum absolute atomic E-state index is 11.6. The van der Waals surface area contributed by atoms with Crippen molar-refractivity contribution in [3.63, 3.8) is 0 Å². The third-order valence-corrected chi connectivity index (χ3v) is 3.44. The molecule has 0 radical (unpaired) electrons. The van der Waals surface area contributed by atoms with Gasteiger partial charge in [-0.15, -0.1) is 0 Å². The van der Waals surface area contributed by atoms with Crippen LogP contribution in [0.15, 0.2) is 48.5 Å². The molecule has 2 aromatic carbocycles. The van der Waals surface area contributed by atoms with E-state index in [1.807, 2.05) is 6.07 Å². The highest BCUT2D eigenvalue weighted by molar-refractivity contribution is 5.79. The third kappa shape index (κ3) is 4.98. The SMILES string of the molecule is CCOC(=O)COc1ccccc1C(Nc1ccc(C#N)cc1)C(=O)[O-]. The lowest BCUT2D eigenvalue weighted by Crippen LogP contribution is -2.34. The Kier molecular flexibility index (Phi) is 6.57. The van der Waals surface area contributed by atoms with Crippen molar-refractivity contribution in [2.45, 2.75) is 13.0 Å². The van der Waals surface area contributed by atoms with Crippen LogP contribution in [-0.2, 0) is 14.3 Å². The number of carboxylic acid groups (broad SMARTS) is 1. The average Bonchev–Trinajstić information content (AvgIpc) is 2.65. The monoisotopic (exact) mass is 353 g/mol. The molecule has 1 atom stereocenters. The van der Waals surface area contributed by atoms with E-state index in [2.05, 4.69) is 5.32 Å². The van der Waals surface area contributed by atoms with Gasteiger partial charge in [-0.2, -0.15) is 5.26 Å². The first-order valence-corrected chi connectivity index (χ1v) is 7.90. The highest BCUT2D eigenvalue weighted by Crippen LogP contribution is 2.28.